The third-order valence-electron chi connectivity index (χ3n) is 3.42. The number of nitro benzene ring substituents is 1. The molecule has 21 heavy (non-hydrogen) atoms. The average Bonchev–Trinajstić information content (AvgIpc) is 2.53. The molecule has 1 aliphatic rings. The van der Waals surface area contributed by atoms with Crippen LogP contribution in [0.4, 0.5) is 11.4 Å². The molecule has 1 aromatic rings. The quantitative estimate of drug-likeness (QED) is 0.598. The van der Waals surface area contributed by atoms with Crippen LogP contribution in [-0.4, -0.2) is 43.6 Å². The highest BCUT2D eigenvalue weighted by molar-refractivity contribution is 5.87. The van der Waals surface area contributed by atoms with Gasteiger partial charge in [-0.3, -0.25) is 14.9 Å². The minimum Gasteiger partial charge on any atom is -0.357 e. The van der Waals surface area contributed by atoms with Crippen LogP contribution < -0.4 is 15.5 Å². The zero-order chi connectivity index (χ0) is 15.4. The fraction of sp³-hybridized carbons (Fsp3) is 0.385. The number of piperazine rings is 1. The van der Waals surface area contributed by atoms with Gasteiger partial charge in [-0.25, -0.2) is 0 Å². The Hall–Kier alpha value is -2.66. The Morgan fingerprint density at radius 1 is 1.62 bits per heavy atom. The van der Waals surface area contributed by atoms with E-state index in [0.717, 1.165) is 0 Å². The Labute approximate surface area is 121 Å². The molecule has 0 radical (unpaired) electrons. The van der Waals surface area contributed by atoms with Crippen LogP contribution in [-0.2, 0) is 4.79 Å². The Bertz CT molecular complexity index is 610. The van der Waals surface area contributed by atoms with Crippen molar-refractivity contribution in [2.75, 3.05) is 31.6 Å². The summed E-state index contributed by atoms with van der Waals surface area (Å²) in [4.78, 5) is 24.4. The molecule has 1 aliphatic heterocycles. The number of rotatable bonds is 3. The Morgan fingerprint density at radius 2 is 2.38 bits per heavy atom. The third kappa shape index (κ3) is 2.78. The topological polar surface area (TPSA) is 111 Å². The van der Waals surface area contributed by atoms with Gasteiger partial charge in [0.1, 0.15) is 23.4 Å². The van der Waals surface area contributed by atoms with Crippen molar-refractivity contribution in [1.82, 2.24) is 10.6 Å². The number of hydrogen-bond donors (Lipinski definition) is 2. The van der Waals surface area contributed by atoms with Crippen LogP contribution in [0.2, 0.25) is 0 Å². The van der Waals surface area contributed by atoms with Crippen LogP contribution in [0.25, 0.3) is 0 Å². The molecule has 0 spiro atoms. The van der Waals surface area contributed by atoms with E-state index in [4.69, 9.17) is 5.26 Å². The summed E-state index contributed by atoms with van der Waals surface area (Å²) < 4.78 is 0. The van der Waals surface area contributed by atoms with Gasteiger partial charge in [-0.1, -0.05) is 6.07 Å². The lowest BCUT2D eigenvalue weighted by Gasteiger charge is -2.36. The molecule has 2 rings (SSSR count). The van der Waals surface area contributed by atoms with Gasteiger partial charge in [0.15, 0.2) is 0 Å². The number of carbonyl (C=O) groups is 1. The lowest BCUT2D eigenvalue weighted by Crippen LogP contribution is -2.57. The fourth-order valence-corrected chi connectivity index (χ4v) is 2.44. The van der Waals surface area contributed by atoms with E-state index in [1.54, 1.807) is 17.0 Å². The fourth-order valence-electron chi connectivity index (χ4n) is 2.44. The molecule has 0 aromatic heterocycles. The molecule has 0 bridgehead atoms. The van der Waals surface area contributed by atoms with Crippen molar-refractivity contribution in [2.24, 2.45) is 0 Å². The van der Waals surface area contributed by atoms with Gasteiger partial charge >= 0.3 is 5.69 Å². The number of nitrogens with zero attached hydrogens (tertiary/aromatic N) is 3. The second-order valence-electron chi connectivity index (χ2n) is 4.57. The summed E-state index contributed by atoms with van der Waals surface area (Å²) in [6.45, 7) is 1.46. The number of nitro groups is 1. The summed E-state index contributed by atoms with van der Waals surface area (Å²) >= 11 is 0. The van der Waals surface area contributed by atoms with E-state index in [0.29, 0.717) is 25.3 Å². The molecule has 1 amide bonds. The number of likely N-dealkylation sites (N-methyl/N-ethyl adjacent to an activating group) is 1. The minimum absolute atomic E-state index is 0.00770. The SMILES string of the molecule is CNC(=O)C1CNCCN1c1cccc(C#N)c1[N+](=O)[O-]. The summed E-state index contributed by atoms with van der Waals surface area (Å²) in [5.74, 6) is -0.223. The van der Waals surface area contributed by atoms with Crippen molar-refractivity contribution in [3.05, 3.63) is 33.9 Å². The van der Waals surface area contributed by atoms with Gasteiger partial charge in [-0.15, -0.1) is 0 Å². The molecule has 8 nitrogen and oxygen atoms in total. The zero-order valence-electron chi connectivity index (χ0n) is 11.5. The largest absolute Gasteiger partial charge is 0.357 e. The smallest absolute Gasteiger partial charge is 0.310 e. The van der Waals surface area contributed by atoms with Crippen LogP contribution in [0, 0.1) is 21.4 Å². The Kier molecular flexibility index (Phi) is 4.35. The highest BCUT2D eigenvalue weighted by atomic mass is 16.6. The molecular weight excluding hydrogens is 274 g/mol. The van der Waals surface area contributed by atoms with Gasteiger partial charge in [0, 0.05) is 26.7 Å². The van der Waals surface area contributed by atoms with Gasteiger partial charge < -0.3 is 15.5 Å². The number of hydrogen-bond acceptors (Lipinski definition) is 6. The number of anilines is 1. The molecule has 1 unspecified atom stereocenters. The van der Waals surface area contributed by atoms with E-state index < -0.39 is 11.0 Å². The van der Waals surface area contributed by atoms with Crippen molar-refractivity contribution in [3.8, 4) is 6.07 Å². The summed E-state index contributed by atoms with van der Waals surface area (Å²) in [5.41, 5.74) is 0.0386. The summed E-state index contributed by atoms with van der Waals surface area (Å²) in [6.07, 6.45) is 0. The number of nitriles is 1. The van der Waals surface area contributed by atoms with Gasteiger partial charge in [0.05, 0.1) is 4.92 Å². The monoisotopic (exact) mass is 289 g/mol. The number of para-hydroxylation sites is 1. The number of benzene rings is 1. The molecule has 0 saturated carbocycles. The number of amides is 1. The summed E-state index contributed by atoms with van der Waals surface area (Å²) in [6, 6.07) is 5.84. The molecule has 8 heteroatoms. The molecule has 0 aliphatic carbocycles. The maximum atomic E-state index is 12.0. The van der Waals surface area contributed by atoms with Gasteiger partial charge in [-0.2, -0.15) is 5.26 Å². The van der Waals surface area contributed by atoms with E-state index in [9.17, 15) is 14.9 Å². The molecule has 1 atom stereocenters. The average molecular weight is 289 g/mol. The van der Waals surface area contributed by atoms with E-state index >= 15 is 0 Å². The first-order valence-corrected chi connectivity index (χ1v) is 6.46. The van der Waals surface area contributed by atoms with Crippen LogP contribution in [0.15, 0.2) is 18.2 Å². The van der Waals surface area contributed by atoms with Crippen LogP contribution in [0.1, 0.15) is 5.56 Å². The first-order valence-electron chi connectivity index (χ1n) is 6.46. The highest BCUT2D eigenvalue weighted by Gasteiger charge is 2.33. The van der Waals surface area contributed by atoms with E-state index in [1.807, 2.05) is 6.07 Å². The first-order chi connectivity index (χ1) is 10.1. The van der Waals surface area contributed by atoms with Crippen molar-refractivity contribution >= 4 is 17.3 Å². The zero-order valence-corrected chi connectivity index (χ0v) is 11.5. The molecule has 110 valence electrons. The molecule has 2 N–H and O–H groups in total. The van der Waals surface area contributed by atoms with Crippen molar-refractivity contribution in [2.45, 2.75) is 6.04 Å². The third-order valence-corrected chi connectivity index (χ3v) is 3.42. The first kappa shape index (κ1) is 14.7. The molecule has 1 aromatic carbocycles. The van der Waals surface area contributed by atoms with Crippen molar-refractivity contribution in [1.29, 1.82) is 5.26 Å². The Balaban J connectivity index is 2.51. The second-order valence-corrected chi connectivity index (χ2v) is 4.57. The maximum Gasteiger partial charge on any atom is 0.310 e. The van der Waals surface area contributed by atoms with Crippen LogP contribution >= 0.6 is 0 Å². The van der Waals surface area contributed by atoms with Gasteiger partial charge in [0.2, 0.25) is 5.91 Å². The lowest BCUT2D eigenvalue weighted by molar-refractivity contribution is -0.384. The summed E-state index contributed by atoms with van der Waals surface area (Å²) in [5, 5.41) is 26.0. The predicted molar refractivity (Wildman–Crippen MR) is 75.9 cm³/mol. The number of nitrogens with one attached hydrogen (secondary N) is 2. The molecule has 1 heterocycles. The van der Waals surface area contributed by atoms with Gasteiger partial charge in [-0.05, 0) is 12.1 Å². The number of carbonyl (C=O) groups excluding carboxylic acids is 1. The molecule has 1 fully saturated rings. The van der Waals surface area contributed by atoms with Gasteiger partial charge in [0.25, 0.3) is 0 Å². The van der Waals surface area contributed by atoms with E-state index in [2.05, 4.69) is 10.6 Å². The maximum absolute atomic E-state index is 12.0. The Morgan fingerprint density at radius 3 is 3.00 bits per heavy atom. The van der Waals surface area contributed by atoms with E-state index in [-0.39, 0.29) is 17.2 Å². The van der Waals surface area contributed by atoms with Crippen LogP contribution in [0.3, 0.4) is 0 Å². The summed E-state index contributed by atoms with van der Waals surface area (Å²) in [7, 11) is 1.52. The van der Waals surface area contributed by atoms with Crippen molar-refractivity contribution < 1.29 is 9.72 Å². The second kappa shape index (κ2) is 6.19. The normalized spacial score (nSPS) is 17.9. The molecule has 1 saturated heterocycles. The standard InChI is InChI=1S/C13H15N5O3/c1-15-13(19)11-8-16-5-6-17(11)10-4-2-3-9(7-14)12(10)18(20)21/h2-4,11,16H,5-6,8H2,1H3,(H,15,19). The van der Waals surface area contributed by atoms with Crippen LogP contribution in [0.5, 0.6) is 0 Å². The van der Waals surface area contributed by atoms with Crippen molar-refractivity contribution in [3.63, 3.8) is 0 Å². The molecular formula is C13H15N5O3. The highest BCUT2D eigenvalue weighted by Crippen LogP contribution is 2.33. The van der Waals surface area contributed by atoms with E-state index in [1.165, 1.54) is 13.1 Å². The lowest BCUT2D eigenvalue weighted by atomic mass is 10.1. The predicted octanol–water partition coefficient (Wildman–Crippen LogP) is -0.00932. The minimum atomic E-state index is -0.573.